The average molecular weight is 351 g/mol. The Kier molecular flexibility index (Phi) is 4.26. The maximum atomic E-state index is 13.2. The Hall–Kier alpha value is -3.00. The van der Waals surface area contributed by atoms with E-state index in [0.29, 0.717) is 18.8 Å². The van der Waals surface area contributed by atoms with Crippen molar-refractivity contribution in [1.29, 1.82) is 0 Å². The molecule has 3 heterocycles. The Bertz CT molecular complexity index is 872. The summed E-state index contributed by atoms with van der Waals surface area (Å²) in [5.74, 6) is -0.0270. The highest BCUT2D eigenvalue weighted by molar-refractivity contribution is 5.93. The molecule has 2 aromatic heterocycles. The van der Waals surface area contributed by atoms with Crippen molar-refractivity contribution >= 4 is 5.91 Å². The second-order valence-electron chi connectivity index (χ2n) is 6.66. The Labute approximate surface area is 151 Å². The van der Waals surface area contributed by atoms with E-state index in [-0.39, 0.29) is 18.0 Å². The van der Waals surface area contributed by atoms with Crippen molar-refractivity contribution in [3.05, 3.63) is 60.7 Å². The van der Waals surface area contributed by atoms with Gasteiger partial charge in [0, 0.05) is 19.3 Å². The molecule has 1 saturated heterocycles. The van der Waals surface area contributed by atoms with Crippen LogP contribution in [0.3, 0.4) is 0 Å². The lowest BCUT2D eigenvalue weighted by molar-refractivity contribution is 0.0772. The van der Waals surface area contributed by atoms with E-state index in [9.17, 15) is 4.79 Å². The SMILES string of the molecule is CN(C)[C@@H]1CN(C(=O)c2ccnn2-c2ccccc2)C[C@@H]1n1ccnn1. The maximum absolute atomic E-state index is 13.2. The number of benzene rings is 1. The van der Waals surface area contributed by atoms with Crippen molar-refractivity contribution in [2.24, 2.45) is 0 Å². The molecule has 1 aliphatic rings. The third kappa shape index (κ3) is 2.88. The van der Waals surface area contributed by atoms with E-state index in [1.165, 1.54) is 0 Å². The summed E-state index contributed by atoms with van der Waals surface area (Å²) in [6.07, 6.45) is 5.18. The van der Waals surface area contributed by atoms with Gasteiger partial charge in [0.1, 0.15) is 5.69 Å². The average Bonchev–Trinajstić information content (AvgIpc) is 3.41. The Morgan fingerprint density at radius 2 is 1.92 bits per heavy atom. The van der Waals surface area contributed by atoms with Gasteiger partial charge in [-0.1, -0.05) is 23.4 Å². The molecule has 0 spiro atoms. The molecule has 4 rings (SSSR count). The fourth-order valence-electron chi connectivity index (χ4n) is 3.50. The van der Waals surface area contributed by atoms with Crippen LogP contribution in [0.25, 0.3) is 5.69 Å². The molecule has 0 unspecified atom stereocenters. The lowest BCUT2D eigenvalue weighted by Gasteiger charge is -2.24. The Balaban J connectivity index is 1.61. The first-order valence-electron chi connectivity index (χ1n) is 8.56. The normalized spacial score (nSPS) is 20.0. The molecule has 8 heteroatoms. The predicted octanol–water partition coefficient (Wildman–Crippen LogP) is 1.09. The van der Waals surface area contributed by atoms with Crippen LogP contribution in [-0.4, -0.2) is 73.7 Å². The first-order valence-corrected chi connectivity index (χ1v) is 8.56. The van der Waals surface area contributed by atoms with Crippen molar-refractivity contribution in [2.45, 2.75) is 12.1 Å². The largest absolute Gasteiger partial charge is 0.333 e. The molecular weight excluding hydrogens is 330 g/mol. The van der Waals surface area contributed by atoms with Crippen LogP contribution in [0.1, 0.15) is 16.5 Å². The Morgan fingerprint density at radius 1 is 1.12 bits per heavy atom. The van der Waals surface area contributed by atoms with Crippen molar-refractivity contribution in [2.75, 3.05) is 27.2 Å². The van der Waals surface area contributed by atoms with Gasteiger partial charge in [-0.25, -0.2) is 9.36 Å². The summed E-state index contributed by atoms with van der Waals surface area (Å²) < 4.78 is 3.53. The summed E-state index contributed by atoms with van der Waals surface area (Å²) in [5.41, 5.74) is 1.44. The monoisotopic (exact) mass is 351 g/mol. The quantitative estimate of drug-likeness (QED) is 0.704. The van der Waals surface area contributed by atoms with Crippen LogP contribution in [0.2, 0.25) is 0 Å². The fourth-order valence-corrected chi connectivity index (χ4v) is 3.50. The number of amides is 1. The summed E-state index contributed by atoms with van der Waals surface area (Å²) in [5, 5.41) is 12.4. The van der Waals surface area contributed by atoms with Gasteiger partial charge in [0.15, 0.2) is 0 Å². The molecule has 26 heavy (non-hydrogen) atoms. The van der Waals surface area contributed by atoms with Crippen LogP contribution >= 0.6 is 0 Å². The van der Waals surface area contributed by atoms with E-state index in [2.05, 4.69) is 20.3 Å². The molecule has 1 aromatic carbocycles. The molecule has 0 radical (unpaired) electrons. The van der Waals surface area contributed by atoms with Gasteiger partial charge in [-0.3, -0.25) is 4.79 Å². The number of hydrogen-bond acceptors (Lipinski definition) is 5. The number of hydrogen-bond donors (Lipinski definition) is 0. The number of likely N-dealkylation sites (tertiary alicyclic amines) is 1. The molecule has 1 fully saturated rings. The highest BCUT2D eigenvalue weighted by Gasteiger charge is 2.39. The van der Waals surface area contributed by atoms with Crippen LogP contribution < -0.4 is 0 Å². The molecule has 0 aliphatic carbocycles. The zero-order valence-electron chi connectivity index (χ0n) is 14.8. The molecular formula is C18H21N7O. The van der Waals surface area contributed by atoms with Gasteiger partial charge in [0.25, 0.3) is 5.91 Å². The molecule has 0 saturated carbocycles. The third-order valence-corrected chi connectivity index (χ3v) is 4.85. The predicted molar refractivity (Wildman–Crippen MR) is 96.0 cm³/mol. The lowest BCUT2D eigenvalue weighted by atomic mass is 10.1. The van der Waals surface area contributed by atoms with E-state index in [0.717, 1.165) is 5.69 Å². The molecule has 3 aromatic rings. The molecule has 8 nitrogen and oxygen atoms in total. The fraction of sp³-hybridized carbons (Fsp3) is 0.333. The topological polar surface area (TPSA) is 72.1 Å². The lowest BCUT2D eigenvalue weighted by Crippen LogP contribution is -2.37. The number of nitrogens with zero attached hydrogens (tertiary/aromatic N) is 7. The highest BCUT2D eigenvalue weighted by Crippen LogP contribution is 2.26. The van der Waals surface area contributed by atoms with E-state index < -0.39 is 0 Å². The minimum atomic E-state index is -0.0270. The number of rotatable bonds is 4. The van der Waals surface area contributed by atoms with Crippen molar-refractivity contribution in [3.63, 3.8) is 0 Å². The zero-order valence-corrected chi connectivity index (χ0v) is 14.8. The third-order valence-electron chi connectivity index (χ3n) is 4.85. The number of aromatic nitrogens is 5. The first-order chi connectivity index (χ1) is 12.6. The van der Waals surface area contributed by atoms with Gasteiger partial charge in [-0.2, -0.15) is 5.10 Å². The van der Waals surface area contributed by atoms with Crippen LogP contribution in [0.4, 0.5) is 0 Å². The molecule has 134 valence electrons. The maximum Gasteiger partial charge on any atom is 0.272 e. The van der Waals surface area contributed by atoms with E-state index in [1.54, 1.807) is 23.1 Å². The number of para-hydroxylation sites is 1. The summed E-state index contributed by atoms with van der Waals surface area (Å²) in [4.78, 5) is 17.2. The zero-order chi connectivity index (χ0) is 18.1. The Morgan fingerprint density at radius 3 is 2.62 bits per heavy atom. The first kappa shape index (κ1) is 16.5. The highest BCUT2D eigenvalue weighted by atomic mass is 16.2. The van der Waals surface area contributed by atoms with Crippen LogP contribution in [0.15, 0.2) is 55.0 Å². The van der Waals surface area contributed by atoms with E-state index >= 15 is 0 Å². The summed E-state index contributed by atoms with van der Waals surface area (Å²) in [7, 11) is 4.05. The molecule has 0 N–H and O–H groups in total. The summed E-state index contributed by atoms with van der Waals surface area (Å²) in [6, 6.07) is 11.7. The summed E-state index contributed by atoms with van der Waals surface area (Å²) >= 11 is 0. The number of carbonyl (C=O) groups excluding carboxylic acids is 1. The minimum absolute atomic E-state index is 0.0270. The van der Waals surface area contributed by atoms with Crippen LogP contribution in [0.5, 0.6) is 0 Å². The van der Waals surface area contributed by atoms with E-state index in [1.807, 2.05) is 60.2 Å². The van der Waals surface area contributed by atoms with Gasteiger partial charge in [-0.05, 0) is 32.3 Å². The number of carbonyl (C=O) groups is 1. The van der Waals surface area contributed by atoms with Gasteiger partial charge >= 0.3 is 0 Å². The molecule has 0 bridgehead atoms. The smallest absolute Gasteiger partial charge is 0.272 e. The number of likely N-dealkylation sites (N-methyl/N-ethyl adjacent to an activating group) is 1. The second kappa shape index (κ2) is 6.72. The van der Waals surface area contributed by atoms with Crippen LogP contribution in [-0.2, 0) is 0 Å². The van der Waals surface area contributed by atoms with Crippen molar-refractivity contribution < 1.29 is 4.79 Å². The van der Waals surface area contributed by atoms with Crippen LogP contribution in [0, 0.1) is 0 Å². The van der Waals surface area contributed by atoms with E-state index in [4.69, 9.17) is 0 Å². The molecule has 1 amide bonds. The van der Waals surface area contributed by atoms with Gasteiger partial charge in [-0.15, -0.1) is 5.10 Å². The van der Waals surface area contributed by atoms with Gasteiger partial charge < -0.3 is 9.80 Å². The second-order valence-corrected chi connectivity index (χ2v) is 6.66. The summed E-state index contributed by atoms with van der Waals surface area (Å²) in [6.45, 7) is 1.22. The molecule has 2 atom stereocenters. The minimum Gasteiger partial charge on any atom is -0.333 e. The van der Waals surface area contributed by atoms with Crippen molar-refractivity contribution in [3.8, 4) is 5.69 Å². The van der Waals surface area contributed by atoms with Crippen molar-refractivity contribution in [1.82, 2.24) is 34.6 Å². The standard InChI is InChI=1S/C18H21N7O/c1-22(2)16-12-23(13-17(16)24-11-10-19-21-24)18(26)15-8-9-20-25(15)14-6-4-3-5-7-14/h3-11,16-17H,12-13H2,1-2H3/t16-,17+/m1/s1. The molecule has 1 aliphatic heterocycles. The van der Waals surface area contributed by atoms with Gasteiger partial charge in [0.05, 0.1) is 30.2 Å². The van der Waals surface area contributed by atoms with Gasteiger partial charge in [0.2, 0.25) is 0 Å².